The third-order valence-corrected chi connectivity index (χ3v) is 5.35. The first kappa shape index (κ1) is 23.1. The Hall–Kier alpha value is -3.52. The largest absolute Gasteiger partial charge is 0.497 e. The number of benzene rings is 2. The van der Waals surface area contributed by atoms with Gasteiger partial charge in [-0.15, -0.1) is 11.8 Å². The number of thioether (sulfide) groups is 1. The lowest BCUT2D eigenvalue weighted by atomic mass is 10.1. The van der Waals surface area contributed by atoms with Gasteiger partial charge in [0.05, 0.1) is 31.2 Å². The highest BCUT2D eigenvalue weighted by molar-refractivity contribution is 7.99. The first-order chi connectivity index (χ1) is 15.6. The van der Waals surface area contributed by atoms with Gasteiger partial charge in [0, 0.05) is 11.3 Å². The van der Waals surface area contributed by atoms with E-state index in [1.54, 1.807) is 50.4 Å². The van der Waals surface area contributed by atoms with Crippen LogP contribution in [-0.4, -0.2) is 37.6 Å². The summed E-state index contributed by atoms with van der Waals surface area (Å²) in [6, 6.07) is 18.2. The van der Waals surface area contributed by atoms with Gasteiger partial charge in [0.1, 0.15) is 17.3 Å². The van der Waals surface area contributed by atoms with Crippen molar-refractivity contribution in [1.29, 1.82) is 0 Å². The molecule has 0 aliphatic carbocycles. The Bertz CT molecular complexity index is 1060. The normalized spacial score (nSPS) is 10.8. The van der Waals surface area contributed by atoms with E-state index in [1.807, 2.05) is 24.3 Å². The molecule has 0 saturated heterocycles. The molecule has 1 heterocycles. The zero-order valence-electron chi connectivity index (χ0n) is 17.9. The number of rotatable bonds is 10. The Labute approximate surface area is 190 Å². The van der Waals surface area contributed by atoms with E-state index in [0.29, 0.717) is 29.4 Å². The fourth-order valence-electron chi connectivity index (χ4n) is 2.75. The molecule has 3 aromatic rings. The molecule has 2 aromatic carbocycles. The van der Waals surface area contributed by atoms with E-state index < -0.39 is 0 Å². The highest BCUT2D eigenvalue weighted by atomic mass is 32.2. The number of ether oxygens (including phenoxy) is 2. The predicted octanol–water partition coefficient (Wildman–Crippen LogP) is 4.52. The average Bonchev–Trinajstić information content (AvgIpc) is 3.29. The number of nitrogens with one attached hydrogen (secondary N) is 1. The number of furan rings is 1. The second-order valence-corrected chi connectivity index (χ2v) is 7.62. The minimum absolute atomic E-state index is 0.193. The number of carbonyl (C=O) groups excluding carboxylic acids is 2. The summed E-state index contributed by atoms with van der Waals surface area (Å²) in [5, 5.41) is 3.95. The number of hydrogen-bond acceptors (Lipinski definition) is 7. The molecule has 0 atom stereocenters. The van der Waals surface area contributed by atoms with Gasteiger partial charge in [0.15, 0.2) is 0 Å². The number of methoxy groups -OCH3 is 1. The highest BCUT2D eigenvalue weighted by Gasteiger charge is 2.08. The number of hydrogen-bond donors (Lipinski definition) is 1. The summed E-state index contributed by atoms with van der Waals surface area (Å²) in [6.45, 7) is 2.10. The molecular weight excluding hydrogens is 428 g/mol. The second-order valence-electron chi connectivity index (χ2n) is 6.63. The fraction of sp³-hybridized carbons (Fsp3) is 0.208. The van der Waals surface area contributed by atoms with Gasteiger partial charge < -0.3 is 13.9 Å². The monoisotopic (exact) mass is 452 g/mol. The molecule has 0 bridgehead atoms. The van der Waals surface area contributed by atoms with Crippen LogP contribution in [0.15, 0.2) is 70.2 Å². The van der Waals surface area contributed by atoms with Crippen molar-refractivity contribution in [2.45, 2.75) is 12.7 Å². The summed E-state index contributed by atoms with van der Waals surface area (Å²) in [6.07, 6.45) is 1.45. The van der Waals surface area contributed by atoms with Gasteiger partial charge in [-0.1, -0.05) is 24.3 Å². The minimum Gasteiger partial charge on any atom is -0.497 e. The summed E-state index contributed by atoms with van der Waals surface area (Å²) in [5.41, 5.74) is 4.91. The van der Waals surface area contributed by atoms with Gasteiger partial charge in [-0.25, -0.2) is 10.2 Å². The SMILES string of the molecule is CCOC(=O)c1ccc(-c2ccc(/C=N\NC(=O)CSCc3ccc(OC)cc3)o2)cc1. The molecule has 0 fully saturated rings. The maximum Gasteiger partial charge on any atom is 0.338 e. The predicted molar refractivity (Wildman–Crippen MR) is 125 cm³/mol. The highest BCUT2D eigenvalue weighted by Crippen LogP contribution is 2.22. The summed E-state index contributed by atoms with van der Waals surface area (Å²) in [4.78, 5) is 23.7. The van der Waals surface area contributed by atoms with Gasteiger partial charge in [0.2, 0.25) is 5.91 Å². The Balaban J connectivity index is 1.44. The third kappa shape index (κ3) is 6.75. The van der Waals surface area contributed by atoms with Crippen LogP contribution in [0.3, 0.4) is 0 Å². The van der Waals surface area contributed by atoms with Crippen LogP contribution in [-0.2, 0) is 15.3 Å². The fourth-order valence-corrected chi connectivity index (χ4v) is 3.53. The average molecular weight is 453 g/mol. The Kier molecular flexibility index (Phi) is 8.51. The zero-order valence-corrected chi connectivity index (χ0v) is 18.7. The molecule has 0 aliphatic rings. The summed E-state index contributed by atoms with van der Waals surface area (Å²) >= 11 is 1.50. The molecule has 0 radical (unpaired) electrons. The van der Waals surface area contributed by atoms with E-state index in [0.717, 1.165) is 22.6 Å². The van der Waals surface area contributed by atoms with Gasteiger partial charge >= 0.3 is 5.97 Å². The maximum atomic E-state index is 11.9. The molecule has 1 N–H and O–H groups in total. The van der Waals surface area contributed by atoms with E-state index >= 15 is 0 Å². The van der Waals surface area contributed by atoms with Crippen molar-refractivity contribution >= 4 is 29.9 Å². The molecule has 8 heteroatoms. The maximum absolute atomic E-state index is 11.9. The molecule has 32 heavy (non-hydrogen) atoms. The number of carbonyl (C=O) groups is 2. The Morgan fingerprint density at radius 3 is 2.50 bits per heavy atom. The number of nitrogens with zero attached hydrogens (tertiary/aromatic N) is 1. The van der Waals surface area contributed by atoms with Crippen molar-refractivity contribution in [3.8, 4) is 17.1 Å². The quantitative estimate of drug-likeness (QED) is 0.276. The van der Waals surface area contributed by atoms with Gasteiger partial charge in [-0.2, -0.15) is 5.10 Å². The van der Waals surface area contributed by atoms with Crippen molar-refractivity contribution in [3.63, 3.8) is 0 Å². The molecular formula is C24H24N2O5S. The number of hydrazone groups is 1. The Morgan fingerprint density at radius 1 is 1.06 bits per heavy atom. The molecule has 166 valence electrons. The van der Waals surface area contributed by atoms with Gasteiger partial charge in [-0.3, -0.25) is 4.79 Å². The van der Waals surface area contributed by atoms with Crippen LogP contribution in [0.1, 0.15) is 28.6 Å². The summed E-state index contributed by atoms with van der Waals surface area (Å²) in [5.74, 6) is 2.40. The van der Waals surface area contributed by atoms with Crippen LogP contribution in [0.5, 0.6) is 5.75 Å². The topological polar surface area (TPSA) is 90.1 Å². The van der Waals surface area contributed by atoms with Crippen LogP contribution in [0, 0.1) is 0 Å². The smallest absolute Gasteiger partial charge is 0.338 e. The molecule has 1 amide bonds. The van der Waals surface area contributed by atoms with Crippen LogP contribution < -0.4 is 10.2 Å². The van der Waals surface area contributed by atoms with Crippen LogP contribution in [0.4, 0.5) is 0 Å². The van der Waals surface area contributed by atoms with Gasteiger partial charge in [0.25, 0.3) is 0 Å². The van der Waals surface area contributed by atoms with Crippen molar-refractivity contribution in [2.75, 3.05) is 19.5 Å². The molecule has 7 nitrogen and oxygen atoms in total. The van der Waals surface area contributed by atoms with Crippen LogP contribution >= 0.6 is 11.8 Å². The lowest BCUT2D eigenvalue weighted by molar-refractivity contribution is -0.118. The van der Waals surface area contributed by atoms with E-state index in [9.17, 15) is 9.59 Å². The molecule has 0 saturated carbocycles. The molecule has 0 unspecified atom stereocenters. The lowest BCUT2D eigenvalue weighted by Crippen LogP contribution is -2.19. The van der Waals surface area contributed by atoms with E-state index in [1.165, 1.54) is 18.0 Å². The summed E-state index contributed by atoms with van der Waals surface area (Å²) in [7, 11) is 1.63. The molecule has 1 aromatic heterocycles. The van der Waals surface area contributed by atoms with Crippen molar-refractivity contribution in [2.24, 2.45) is 5.10 Å². The van der Waals surface area contributed by atoms with E-state index in [-0.39, 0.29) is 11.9 Å². The minimum atomic E-state index is -0.357. The zero-order chi connectivity index (χ0) is 22.8. The number of esters is 1. The van der Waals surface area contributed by atoms with E-state index in [4.69, 9.17) is 13.9 Å². The standard InChI is InChI=1S/C24H24N2O5S/c1-3-30-24(28)19-8-6-18(7-9-19)22-13-12-21(31-22)14-25-26-23(27)16-32-15-17-4-10-20(29-2)11-5-17/h4-14H,3,15-16H2,1-2H3,(H,26,27)/b25-14-. The molecule has 0 spiro atoms. The Morgan fingerprint density at radius 2 is 1.81 bits per heavy atom. The van der Waals surface area contributed by atoms with Crippen molar-refractivity contribution in [3.05, 3.63) is 77.6 Å². The van der Waals surface area contributed by atoms with Crippen molar-refractivity contribution in [1.82, 2.24) is 5.43 Å². The lowest BCUT2D eigenvalue weighted by Gasteiger charge is -2.03. The first-order valence-electron chi connectivity index (χ1n) is 9.99. The van der Waals surface area contributed by atoms with Crippen molar-refractivity contribution < 1.29 is 23.5 Å². The summed E-state index contributed by atoms with van der Waals surface area (Å²) < 4.78 is 15.8. The molecule has 3 rings (SSSR count). The third-order valence-electron chi connectivity index (χ3n) is 4.35. The van der Waals surface area contributed by atoms with E-state index in [2.05, 4.69) is 10.5 Å². The first-order valence-corrected chi connectivity index (χ1v) is 11.1. The van der Waals surface area contributed by atoms with Gasteiger partial charge in [-0.05, 0) is 48.9 Å². The molecule has 0 aliphatic heterocycles. The van der Waals surface area contributed by atoms with Crippen LogP contribution in [0.2, 0.25) is 0 Å². The number of amides is 1. The second kappa shape index (κ2) is 11.8. The van der Waals surface area contributed by atoms with Crippen LogP contribution in [0.25, 0.3) is 11.3 Å².